The summed E-state index contributed by atoms with van der Waals surface area (Å²) in [6.45, 7) is 16.5. The fraction of sp³-hybridized carbons (Fsp3) is 0.944. The minimum atomic E-state index is 0.537. The molecule has 2 N–H and O–H groups in total. The van der Waals surface area contributed by atoms with E-state index < -0.39 is 0 Å². The van der Waals surface area contributed by atoms with Crippen LogP contribution in [0.1, 0.15) is 47.0 Å². The predicted molar refractivity (Wildman–Crippen MR) is 101 cm³/mol. The molecule has 5 nitrogen and oxygen atoms in total. The normalized spacial score (nSPS) is 19.1. The summed E-state index contributed by atoms with van der Waals surface area (Å²) >= 11 is 0. The van der Waals surface area contributed by atoms with Crippen molar-refractivity contribution in [2.24, 2.45) is 10.9 Å². The van der Waals surface area contributed by atoms with Gasteiger partial charge in [-0.1, -0.05) is 33.6 Å². The van der Waals surface area contributed by atoms with E-state index >= 15 is 0 Å². The molecule has 0 radical (unpaired) electrons. The zero-order valence-electron chi connectivity index (χ0n) is 16.1. The molecule has 1 atom stereocenters. The van der Waals surface area contributed by atoms with Crippen molar-refractivity contribution in [1.29, 1.82) is 0 Å². The molecule has 0 aromatic rings. The van der Waals surface area contributed by atoms with Gasteiger partial charge in [0.2, 0.25) is 0 Å². The van der Waals surface area contributed by atoms with Crippen LogP contribution < -0.4 is 10.6 Å². The zero-order chi connectivity index (χ0) is 17.1. The van der Waals surface area contributed by atoms with Gasteiger partial charge in [-0.3, -0.25) is 9.89 Å². The van der Waals surface area contributed by atoms with Gasteiger partial charge in [-0.25, -0.2) is 0 Å². The maximum Gasteiger partial charge on any atom is 0.191 e. The van der Waals surface area contributed by atoms with Crippen molar-refractivity contribution in [3.8, 4) is 0 Å². The first kappa shape index (κ1) is 20.2. The number of likely N-dealkylation sites (N-methyl/N-ethyl adjacent to an activating group) is 1. The Bertz CT molecular complexity index is 321. The number of nitrogens with one attached hydrogen (secondary N) is 2. The monoisotopic (exact) mass is 325 g/mol. The Hall–Kier alpha value is -0.810. The standard InChI is InChI=1S/C18H39N5/c1-6-8-9-10-20-18(19-7-2)21-15-17(16(3)4)23-13-11-22(5)12-14-23/h16-17H,6-15H2,1-5H3,(H2,19,20,21). The molecule has 1 rings (SSSR count). The molecule has 5 heteroatoms. The lowest BCUT2D eigenvalue weighted by molar-refractivity contribution is 0.0925. The lowest BCUT2D eigenvalue weighted by atomic mass is 10.0. The first-order valence-electron chi connectivity index (χ1n) is 9.53. The Balaban J connectivity index is 2.53. The first-order valence-corrected chi connectivity index (χ1v) is 9.53. The highest BCUT2D eigenvalue weighted by Crippen LogP contribution is 2.14. The molecular formula is C18H39N5. The van der Waals surface area contributed by atoms with Crippen LogP contribution in [0.25, 0.3) is 0 Å². The number of rotatable bonds is 9. The number of unbranched alkanes of at least 4 members (excludes halogenated alkanes) is 2. The number of guanidine groups is 1. The van der Waals surface area contributed by atoms with Crippen LogP contribution >= 0.6 is 0 Å². The van der Waals surface area contributed by atoms with Gasteiger partial charge in [-0.15, -0.1) is 0 Å². The number of piperazine rings is 1. The Labute approximate surface area is 143 Å². The van der Waals surface area contributed by atoms with Gasteiger partial charge in [0, 0.05) is 45.3 Å². The van der Waals surface area contributed by atoms with E-state index in [1.807, 2.05) is 0 Å². The van der Waals surface area contributed by atoms with Gasteiger partial charge in [0.15, 0.2) is 5.96 Å². The molecule has 0 bridgehead atoms. The van der Waals surface area contributed by atoms with Crippen LogP contribution in [0, 0.1) is 5.92 Å². The Morgan fingerprint density at radius 2 is 1.74 bits per heavy atom. The molecule has 1 unspecified atom stereocenters. The molecule has 1 fully saturated rings. The van der Waals surface area contributed by atoms with Crippen molar-refractivity contribution >= 4 is 5.96 Å². The van der Waals surface area contributed by atoms with Gasteiger partial charge in [0.05, 0.1) is 6.54 Å². The highest BCUT2D eigenvalue weighted by molar-refractivity contribution is 5.79. The zero-order valence-corrected chi connectivity index (χ0v) is 16.1. The SMILES string of the molecule is CCCCCNC(=NCC(C(C)C)N1CCN(C)CC1)NCC. The number of nitrogens with zero attached hydrogens (tertiary/aromatic N) is 3. The van der Waals surface area contributed by atoms with Gasteiger partial charge in [0.25, 0.3) is 0 Å². The number of aliphatic imine (C=N–C) groups is 1. The predicted octanol–water partition coefficient (Wildman–Crippen LogP) is 2.00. The van der Waals surface area contributed by atoms with Crippen molar-refractivity contribution < 1.29 is 0 Å². The summed E-state index contributed by atoms with van der Waals surface area (Å²) in [4.78, 5) is 9.90. The van der Waals surface area contributed by atoms with Crippen LogP contribution in [0.3, 0.4) is 0 Å². The second kappa shape index (κ2) is 11.7. The molecule has 1 aliphatic heterocycles. The van der Waals surface area contributed by atoms with Crippen molar-refractivity contribution in [3.05, 3.63) is 0 Å². The maximum atomic E-state index is 4.87. The molecule has 0 aromatic carbocycles. The number of hydrogen-bond acceptors (Lipinski definition) is 3. The third-order valence-corrected chi connectivity index (χ3v) is 4.63. The topological polar surface area (TPSA) is 42.9 Å². The van der Waals surface area contributed by atoms with Gasteiger partial charge in [-0.2, -0.15) is 0 Å². The van der Waals surface area contributed by atoms with Crippen LogP contribution in [-0.2, 0) is 0 Å². The highest BCUT2D eigenvalue weighted by Gasteiger charge is 2.24. The maximum absolute atomic E-state index is 4.87. The molecule has 1 heterocycles. The van der Waals surface area contributed by atoms with E-state index in [0.29, 0.717) is 12.0 Å². The fourth-order valence-corrected chi connectivity index (χ4v) is 3.01. The van der Waals surface area contributed by atoms with Crippen LogP contribution in [-0.4, -0.2) is 74.7 Å². The number of hydrogen-bond donors (Lipinski definition) is 2. The minimum Gasteiger partial charge on any atom is -0.357 e. The van der Waals surface area contributed by atoms with Crippen LogP contribution in [0.2, 0.25) is 0 Å². The third kappa shape index (κ3) is 8.02. The molecule has 1 aliphatic rings. The van der Waals surface area contributed by atoms with E-state index in [4.69, 9.17) is 4.99 Å². The third-order valence-electron chi connectivity index (χ3n) is 4.63. The summed E-state index contributed by atoms with van der Waals surface area (Å²) in [6, 6.07) is 0.537. The van der Waals surface area contributed by atoms with E-state index in [2.05, 4.69) is 55.2 Å². The average Bonchev–Trinajstić information content (AvgIpc) is 2.53. The molecule has 23 heavy (non-hydrogen) atoms. The van der Waals surface area contributed by atoms with E-state index in [1.165, 1.54) is 32.4 Å². The summed E-state index contributed by atoms with van der Waals surface area (Å²) < 4.78 is 0. The van der Waals surface area contributed by atoms with Crippen LogP contribution in [0.5, 0.6) is 0 Å². The molecule has 0 saturated carbocycles. The van der Waals surface area contributed by atoms with Crippen molar-refractivity contribution in [3.63, 3.8) is 0 Å². The summed E-state index contributed by atoms with van der Waals surface area (Å²) in [7, 11) is 2.21. The molecule has 0 aliphatic carbocycles. The molecule has 136 valence electrons. The van der Waals surface area contributed by atoms with Gasteiger partial charge in [-0.05, 0) is 26.3 Å². The van der Waals surface area contributed by atoms with Crippen molar-refractivity contribution in [2.45, 2.75) is 53.0 Å². The minimum absolute atomic E-state index is 0.537. The van der Waals surface area contributed by atoms with E-state index in [0.717, 1.165) is 38.7 Å². The smallest absolute Gasteiger partial charge is 0.191 e. The fourth-order valence-electron chi connectivity index (χ4n) is 3.01. The molecule has 1 saturated heterocycles. The summed E-state index contributed by atoms with van der Waals surface area (Å²) in [5, 5.41) is 6.85. The van der Waals surface area contributed by atoms with Crippen LogP contribution in [0.15, 0.2) is 4.99 Å². The average molecular weight is 326 g/mol. The van der Waals surface area contributed by atoms with E-state index in [-0.39, 0.29) is 0 Å². The van der Waals surface area contributed by atoms with Crippen molar-refractivity contribution in [2.75, 3.05) is 52.9 Å². The quantitative estimate of drug-likeness (QED) is 0.387. The first-order chi connectivity index (χ1) is 11.1. The molecule has 0 spiro atoms. The second-order valence-corrected chi connectivity index (χ2v) is 7.00. The van der Waals surface area contributed by atoms with Gasteiger partial charge < -0.3 is 15.5 Å². The Morgan fingerprint density at radius 3 is 2.30 bits per heavy atom. The largest absolute Gasteiger partial charge is 0.357 e. The lowest BCUT2D eigenvalue weighted by Gasteiger charge is -2.39. The molecular weight excluding hydrogens is 286 g/mol. The lowest BCUT2D eigenvalue weighted by Crippen LogP contribution is -2.52. The van der Waals surface area contributed by atoms with E-state index in [9.17, 15) is 0 Å². The second-order valence-electron chi connectivity index (χ2n) is 7.00. The highest BCUT2D eigenvalue weighted by atomic mass is 15.3. The van der Waals surface area contributed by atoms with Crippen molar-refractivity contribution in [1.82, 2.24) is 20.4 Å². The van der Waals surface area contributed by atoms with Gasteiger partial charge in [0.1, 0.15) is 0 Å². The van der Waals surface area contributed by atoms with E-state index in [1.54, 1.807) is 0 Å². The Morgan fingerprint density at radius 1 is 1.04 bits per heavy atom. The summed E-state index contributed by atoms with van der Waals surface area (Å²) in [6.07, 6.45) is 3.75. The van der Waals surface area contributed by atoms with Gasteiger partial charge >= 0.3 is 0 Å². The summed E-state index contributed by atoms with van der Waals surface area (Å²) in [5.41, 5.74) is 0. The summed E-state index contributed by atoms with van der Waals surface area (Å²) in [5.74, 6) is 1.61. The molecule has 0 aromatic heterocycles. The Kier molecular flexibility index (Phi) is 10.3. The molecule has 0 amide bonds. The van der Waals surface area contributed by atoms with Crippen LogP contribution in [0.4, 0.5) is 0 Å².